The van der Waals surface area contributed by atoms with Gasteiger partial charge in [-0.25, -0.2) is 18.2 Å². The van der Waals surface area contributed by atoms with Crippen molar-refractivity contribution in [1.29, 1.82) is 0 Å². The summed E-state index contributed by atoms with van der Waals surface area (Å²) in [7, 11) is 0. The molecular weight excluding hydrogens is 283 g/mol. The lowest BCUT2D eigenvalue weighted by Gasteiger charge is -2.27. The molecule has 3 rings (SSSR count). The van der Waals surface area contributed by atoms with Crippen LogP contribution in [0.2, 0.25) is 0 Å². The average Bonchev–Trinajstić information content (AvgIpc) is 2.98. The van der Waals surface area contributed by atoms with Crippen molar-refractivity contribution in [2.45, 2.75) is 32.2 Å². The van der Waals surface area contributed by atoms with E-state index in [0.29, 0.717) is 18.5 Å². The van der Waals surface area contributed by atoms with Crippen LogP contribution in [0.15, 0.2) is 18.5 Å². The molecule has 0 bridgehead atoms. The molecule has 0 spiro atoms. The highest BCUT2D eigenvalue weighted by Gasteiger charge is 2.59. The summed E-state index contributed by atoms with van der Waals surface area (Å²) in [4.78, 5) is 16.3. The molecule has 0 aromatic carbocycles. The van der Waals surface area contributed by atoms with E-state index in [-0.39, 0.29) is 13.0 Å². The zero-order valence-corrected chi connectivity index (χ0v) is 11.6. The molecule has 4 nitrogen and oxygen atoms in total. The van der Waals surface area contributed by atoms with E-state index in [2.05, 4.69) is 4.98 Å². The van der Waals surface area contributed by atoms with Crippen molar-refractivity contribution in [2.24, 2.45) is 5.41 Å². The predicted molar refractivity (Wildman–Crippen MR) is 68.7 cm³/mol. The molecule has 1 amide bonds. The number of amides is 1. The highest BCUT2D eigenvalue weighted by molar-refractivity contribution is 5.85. The van der Waals surface area contributed by atoms with E-state index in [1.54, 1.807) is 11.9 Å². The Morgan fingerprint density at radius 3 is 2.86 bits per heavy atom. The Morgan fingerprint density at radius 2 is 2.24 bits per heavy atom. The van der Waals surface area contributed by atoms with Crippen molar-refractivity contribution in [2.75, 3.05) is 13.1 Å². The molecule has 114 valence electrons. The summed E-state index contributed by atoms with van der Waals surface area (Å²) in [5.41, 5.74) is -1.09. The molecule has 1 unspecified atom stereocenters. The SMILES string of the molecule is CCC1(C(F)F)CN2CC[C@@H](c3cncc(F)c3)N2C1=O. The van der Waals surface area contributed by atoms with Gasteiger partial charge in [0.05, 0.1) is 12.2 Å². The van der Waals surface area contributed by atoms with Crippen LogP contribution in [0.5, 0.6) is 0 Å². The number of hydrazine groups is 1. The van der Waals surface area contributed by atoms with Crippen LogP contribution in [0.25, 0.3) is 0 Å². The fraction of sp³-hybridized carbons (Fsp3) is 0.571. The third-order valence-corrected chi connectivity index (χ3v) is 4.52. The Balaban J connectivity index is 1.94. The van der Waals surface area contributed by atoms with Crippen molar-refractivity contribution in [3.8, 4) is 0 Å². The first kappa shape index (κ1) is 14.3. The molecule has 7 heteroatoms. The standard InChI is InChI=1S/C14H16F3N3O/c1-2-14(12(16)17)8-19-4-3-11(20(19)13(14)21)9-5-10(15)7-18-6-9/h5-7,11-12H,2-4,8H2,1H3/t11-,14?/m0/s1. The third-order valence-electron chi connectivity index (χ3n) is 4.52. The Hall–Kier alpha value is -1.63. The summed E-state index contributed by atoms with van der Waals surface area (Å²) in [6.45, 7) is 2.15. The van der Waals surface area contributed by atoms with Gasteiger partial charge >= 0.3 is 0 Å². The maximum Gasteiger partial charge on any atom is 0.254 e. The van der Waals surface area contributed by atoms with Gasteiger partial charge in [0.2, 0.25) is 0 Å². The van der Waals surface area contributed by atoms with Crippen molar-refractivity contribution < 1.29 is 18.0 Å². The first-order valence-electron chi connectivity index (χ1n) is 6.96. The van der Waals surface area contributed by atoms with Crippen LogP contribution in [0.1, 0.15) is 31.4 Å². The molecule has 2 aliphatic rings. The summed E-state index contributed by atoms with van der Waals surface area (Å²) >= 11 is 0. The largest absolute Gasteiger partial charge is 0.272 e. The molecule has 2 aliphatic heterocycles. The molecule has 3 heterocycles. The second-order valence-corrected chi connectivity index (χ2v) is 5.59. The molecule has 2 atom stereocenters. The molecule has 1 aromatic heterocycles. The molecule has 2 fully saturated rings. The normalized spacial score (nSPS) is 29.5. The second kappa shape index (κ2) is 4.98. The van der Waals surface area contributed by atoms with Crippen LogP contribution in [0.4, 0.5) is 13.2 Å². The van der Waals surface area contributed by atoms with Crippen molar-refractivity contribution >= 4 is 5.91 Å². The van der Waals surface area contributed by atoms with Gasteiger partial charge in [0, 0.05) is 19.3 Å². The van der Waals surface area contributed by atoms with Gasteiger partial charge in [-0.05, 0) is 24.5 Å². The summed E-state index contributed by atoms with van der Waals surface area (Å²) in [6, 6.07) is 0.899. The number of aromatic nitrogens is 1. The monoisotopic (exact) mass is 299 g/mol. The van der Waals surface area contributed by atoms with E-state index in [0.717, 1.165) is 6.20 Å². The van der Waals surface area contributed by atoms with E-state index >= 15 is 0 Å². The predicted octanol–water partition coefficient (Wildman–Crippen LogP) is 2.39. The van der Waals surface area contributed by atoms with Gasteiger partial charge in [-0.1, -0.05) is 6.92 Å². The number of fused-ring (bicyclic) bond motifs is 1. The van der Waals surface area contributed by atoms with Crippen LogP contribution in [-0.4, -0.2) is 40.4 Å². The van der Waals surface area contributed by atoms with Crippen LogP contribution in [0, 0.1) is 11.2 Å². The average molecular weight is 299 g/mol. The van der Waals surface area contributed by atoms with E-state index in [1.165, 1.54) is 17.3 Å². The smallest absolute Gasteiger partial charge is 0.254 e. The van der Waals surface area contributed by atoms with E-state index in [1.807, 2.05) is 0 Å². The summed E-state index contributed by atoms with van der Waals surface area (Å²) in [5, 5.41) is 3.04. The van der Waals surface area contributed by atoms with Crippen molar-refractivity contribution in [3.63, 3.8) is 0 Å². The van der Waals surface area contributed by atoms with E-state index in [9.17, 15) is 18.0 Å². The molecule has 0 saturated carbocycles. The zero-order chi connectivity index (χ0) is 15.2. The van der Waals surface area contributed by atoms with Crippen LogP contribution >= 0.6 is 0 Å². The van der Waals surface area contributed by atoms with Crippen LogP contribution < -0.4 is 0 Å². The van der Waals surface area contributed by atoms with Gasteiger partial charge in [0.25, 0.3) is 12.3 Å². The molecular formula is C14H16F3N3O. The highest BCUT2D eigenvalue weighted by atomic mass is 19.3. The lowest BCUT2D eigenvalue weighted by molar-refractivity contribution is -0.148. The number of carbonyl (C=O) groups is 1. The fourth-order valence-electron chi connectivity index (χ4n) is 3.24. The third kappa shape index (κ3) is 2.02. The minimum absolute atomic E-state index is 0.0270. The number of pyridine rings is 1. The molecule has 0 radical (unpaired) electrons. The van der Waals surface area contributed by atoms with Crippen molar-refractivity contribution in [3.05, 3.63) is 29.8 Å². The van der Waals surface area contributed by atoms with E-state index in [4.69, 9.17) is 0 Å². The lowest BCUT2D eigenvalue weighted by Crippen LogP contribution is -2.41. The highest BCUT2D eigenvalue weighted by Crippen LogP contribution is 2.46. The molecule has 2 saturated heterocycles. The fourth-order valence-corrected chi connectivity index (χ4v) is 3.24. The summed E-state index contributed by atoms with van der Waals surface area (Å²) in [6.07, 6.45) is 0.549. The maximum atomic E-state index is 13.4. The minimum Gasteiger partial charge on any atom is -0.272 e. The van der Waals surface area contributed by atoms with Gasteiger partial charge in [-0.2, -0.15) is 0 Å². The Bertz CT molecular complexity index is 568. The van der Waals surface area contributed by atoms with Crippen LogP contribution in [0.3, 0.4) is 0 Å². The molecule has 1 aromatic rings. The lowest BCUT2D eigenvalue weighted by atomic mass is 9.84. The number of hydrogen-bond donors (Lipinski definition) is 0. The first-order chi connectivity index (χ1) is 9.99. The maximum absolute atomic E-state index is 13.4. The van der Waals surface area contributed by atoms with E-state index < -0.39 is 29.6 Å². The van der Waals surface area contributed by atoms with Gasteiger partial charge in [0.1, 0.15) is 11.2 Å². The van der Waals surface area contributed by atoms with Gasteiger partial charge in [-0.3, -0.25) is 14.8 Å². The summed E-state index contributed by atoms with van der Waals surface area (Å²) < 4.78 is 40.1. The summed E-state index contributed by atoms with van der Waals surface area (Å²) in [5.74, 6) is -1.06. The zero-order valence-electron chi connectivity index (χ0n) is 11.6. The van der Waals surface area contributed by atoms with Crippen LogP contribution in [-0.2, 0) is 4.79 Å². The topological polar surface area (TPSA) is 36.4 Å². The number of halogens is 3. The second-order valence-electron chi connectivity index (χ2n) is 5.59. The number of alkyl halides is 2. The number of carbonyl (C=O) groups excluding carboxylic acids is 1. The van der Waals surface area contributed by atoms with Crippen molar-refractivity contribution in [1.82, 2.24) is 15.0 Å². The van der Waals surface area contributed by atoms with Gasteiger partial charge in [0.15, 0.2) is 0 Å². The number of nitrogens with zero attached hydrogens (tertiary/aromatic N) is 3. The Morgan fingerprint density at radius 1 is 1.48 bits per heavy atom. The first-order valence-corrected chi connectivity index (χ1v) is 6.96. The molecule has 0 aliphatic carbocycles. The number of rotatable bonds is 3. The number of hydrogen-bond acceptors (Lipinski definition) is 3. The Labute approximate surface area is 120 Å². The molecule has 21 heavy (non-hydrogen) atoms. The van der Waals surface area contributed by atoms with Gasteiger partial charge < -0.3 is 0 Å². The Kier molecular flexibility index (Phi) is 3.39. The quantitative estimate of drug-likeness (QED) is 0.860. The minimum atomic E-state index is -2.70. The molecule has 0 N–H and O–H groups in total. The van der Waals surface area contributed by atoms with Gasteiger partial charge in [-0.15, -0.1) is 0 Å².